The summed E-state index contributed by atoms with van der Waals surface area (Å²) in [5.74, 6) is 2.84. The molecule has 0 spiro atoms. The summed E-state index contributed by atoms with van der Waals surface area (Å²) in [4.78, 5) is 12.6. The number of hydrogen-bond acceptors (Lipinski definition) is 3. The van der Waals surface area contributed by atoms with Gasteiger partial charge in [-0.3, -0.25) is 4.79 Å². The molecule has 2 rings (SSSR count). The molecule has 1 unspecified atom stereocenters. The molecule has 0 radical (unpaired) electrons. The number of Topliss-reactive ketones (excluding diaryl/α,β-unsaturated/α-hetero) is 1. The molecule has 1 nitrogen and oxygen atoms in total. The van der Waals surface area contributed by atoms with Gasteiger partial charge in [-0.2, -0.15) is 11.8 Å². The van der Waals surface area contributed by atoms with Crippen molar-refractivity contribution in [2.75, 3.05) is 11.5 Å². The zero-order chi connectivity index (χ0) is 8.39. The molecule has 1 aliphatic rings. The third-order valence-electron chi connectivity index (χ3n) is 2.06. The van der Waals surface area contributed by atoms with E-state index in [1.165, 1.54) is 0 Å². The molecular weight excluding hydrogens is 188 g/mol. The third-order valence-corrected chi connectivity index (χ3v) is 4.11. The Bertz CT molecular complexity index is 260. The average molecular weight is 198 g/mol. The Morgan fingerprint density at radius 1 is 1.58 bits per heavy atom. The normalized spacial score (nSPS) is 22.8. The van der Waals surface area contributed by atoms with Gasteiger partial charge in [-0.25, -0.2) is 0 Å². The van der Waals surface area contributed by atoms with Crippen molar-refractivity contribution >= 4 is 28.9 Å². The number of carbonyl (C=O) groups excluding carboxylic acids is 1. The molecule has 0 aromatic carbocycles. The first-order chi connectivity index (χ1) is 5.88. The molecule has 1 fully saturated rings. The molecule has 64 valence electrons. The summed E-state index contributed by atoms with van der Waals surface area (Å²) in [5, 5.41) is 1.97. The largest absolute Gasteiger partial charge is 0.293 e. The van der Waals surface area contributed by atoms with Crippen LogP contribution in [0.25, 0.3) is 0 Å². The van der Waals surface area contributed by atoms with Gasteiger partial charge in [0.05, 0.1) is 4.88 Å². The Kier molecular flexibility index (Phi) is 2.51. The molecule has 1 saturated heterocycles. The lowest BCUT2D eigenvalue weighted by atomic mass is 10.0. The summed E-state index contributed by atoms with van der Waals surface area (Å²) in [6, 6.07) is 3.87. The van der Waals surface area contributed by atoms with Crippen LogP contribution in [0.1, 0.15) is 16.1 Å². The van der Waals surface area contributed by atoms with Crippen LogP contribution < -0.4 is 0 Å². The number of rotatable bonds is 2. The molecule has 1 atom stereocenters. The molecule has 0 bridgehead atoms. The van der Waals surface area contributed by atoms with Gasteiger partial charge in [0, 0.05) is 11.7 Å². The number of carbonyl (C=O) groups is 1. The SMILES string of the molecule is O=C(c1cccs1)C1CCSC1. The Morgan fingerprint density at radius 2 is 2.50 bits per heavy atom. The number of thiophene rings is 1. The van der Waals surface area contributed by atoms with Crippen LogP contribution in [0.2, 0.25) is 0 Å². The zero-order valence-corrected chi connectivity index (χ0v) is 8.29. The van der Waals surface area contributed by atoms with Crippen molar-refractivity contribution in [3.8, 4) is 0 Å². The molecule has 1 aromatic rings. The average Bonchev–Trinajstić information content (AvgIpc) is 2.77. The molecule has 1 aromatic heterocycles. The maximum Gasteiger partial charge on any atom is 0.176 e. The topological polar surface area (TPSA) is 17.1 Å². The van der Waals surface area contributed by atoms with Crippen molar-refractivity contribution in [2.45, 2.75) is 6.42 Å². The van der Waals surface area contributed by atoms with E-state index in [-0.39, 0.29) is 0 Å². The first-order valence-electron chi connectivity index (χ1n) is 4.03. The minimum atomic E-state index is 0.300. The van der Waals surface area contributed by atoms with Gasteiger partial charge in [0.25, 0.3) is 0 Å². The van der Waals surface area contributed by atoms with E-state index in [1.54, 1.807) is 11.3 Å². The summed E-state index contributed by atoms with van der Waals surface area (Å²) in [6.07, 6.45) is 1.07. The van der Waals surface area contributed by atoms with Crippen molar-refractivity contribution in [1.29, 1.82) is 0 Å². The molecule has 1 aliphatic heterocycles. The van der Waals surface area contributed by atoms with E-state index in [0.29, 0.717) is 11.7 Å². The van der Waals surface area contributed by atoms with Crippen LogP contribution in [0.15, 0.2) is 17.5 Å². The molecule has 3 heteroatoms. The molecule has 12 heavy (non-hydrogen) atoms. The molecule has 0 aliphatic carbocycles. The van der Waals surface area contributed by atoms with E-state index in [2.05, 4.69) is 0 Å². The second-order valence-corrected chi connectivity index (χ2v) is 5.00. The fourth-order valence-electron chi connectivity index (χ4n) is 1.36. The van der Waals surface area contributed by atoms with Gasteiger partial charge in [-0.05, 0) is 23.6 Å². The minimum absolute atomic E-state index is 0.300. The predicted octanol–water partition coefficient (Wildman–Crippen LogP) is 2.68. The van der Waals surface area contributed by atoms with Gasteiger partial charge < -0.3 is 0 Å². The van der Waals surface area contributed by atoms with Gasteiger partial charge in [-0.1, -0.05) is 6.07 Å². The monoisotopic (exact) mass is 198 g/mol. The highest BCUT2D eigenvalue weighted by Gasteiger charge is 2.24. The van der Waals surface area contributed by atoms with E-state index < -0.39 is 0 Å². The standard InChI is InChI=1S/C9H10OS2/c10-9(7-3-5-11-6-7)8-2-1-4-12-8/h1-2,4,7H,3,5-6H2. The van der Waals surface area contributed by atoms with Gasteiger partial charge in [0.15, 0.2) is 5.78 Å². The van der Waals surface area contributed by atoms with Crippen molar-refractivity contribution < 1.29 is 4.79 Å². The van der Waals surface area contributed by atoms with Crippen molar-refractivity contribution in [3.63, 3.8) is 0 Å². The maximum absolute atomic E-state index is 11.7. The van der Waals surface area contributed by atoms with Crippen LogP contribution in [-0.2, 0) is 0 Å². The van der Waals surface area contributed by atoms with Crippen LogP contribution in [0, 0.1) is 5.92 Å². The molecule has 2 heterocycles. The second kappa shape index (κ2) is 3.62. The lowest BCUT2D eigenvalue weighted by Crippen LogP contribution is -2.12. The number of hydrogen-bond donors (Lipinski definition) is 0. The second-order valence-electron chi connectivity index (χ2n) is 2.90. The molecular formula is C9H10OS2. The first-order valence-corrected chi connectivity index (χ1v) is 6.07. The Hall–Kier alpha value is -0.280. The van der Waals surface area contributed by atoms with E-state index in [9.17, 15) is 4.79 Å². The summed E-state index contributed by atoms with van der Waals surface area (Å²) >= 11 is 3.45. The van der Waals surface area contributed by atoms with Gasteiger partial charge in [-0.15, -0.1) is 11.3 Å². The smallest absolute Gasteiger partial charge is 0.176 e. The van der Waals surface area contributed by atoms with Crippen LogP contribution in [0.3, 0.4) is 0 Å². The van der Waals surface area contributed by atoms with E-state index in [1.807, 2.05) is 29.3 Å². The van der Waals surface area contributed by atoms with Crippen LogP contribution >= 0.6 is 23.1 Å². The summed E-state index contributed by atoms with van der Waals surface area (Å²) in [6.45, 7) is 0. The first kappa shape index (κ1) is 8.32. The fourth-order valence-corrected chi connectivity index (χ4v) is 3.33. The summed E-state index contributed by atoms with van der Waals surface area (Å²) in [7, 11) is 0. The highest BCUT2D eigenvalue weighted by Crippen LogP contribution is 2.27. The molecule has 0 N–H and O–H groups in total. The Morgan fingerprint density at radius 3 is 3.08 bits per heavy atom. The van der Waals surface area contributed by atoms with Crippen molar-refractivity contribution in [2.24, 2.45) is 5.92 Å². The predicted molar refractivity (Wildman–Crippen MR) is 54.1 cm³/mol. The fraction of sp³-hybridized carbons (Fsp3) is 0.444. The summed E-state index contributed by atoms with van der Waals surface area (Å²) in [5.41, 5.74) is 0. The lowest BCUT2D eigenvalue weighted by molar-refractivity contribution is 0.0938. The van der Waals surface area contributed by atoms with Gasteiger partial charge >= 0.3 is 0 Å². The maximum atomic E-state index is 11.7. The molecule has 0 amide bonds. The highest BCUT2D eigenvalue weighted by atomic mass is 32.2. The Balaban J connectivity index is 2.09. The van der Waals surface area contributed by atoms with E-state index in [4.69, 9.17) is 0 Å². The minimum Gasteiger partial charge on any atom is -0.293 e. The Labute approximate surface area is 80.2 Å². The van der Waals surface area contributed by atoms with Gasteiger partial charge in [0.2, 0.25) is 0 Å². The van der Waals surface area contributed by atoms with Crippen LogP contribution in [-0.4, -0.2) is 17.3 Å². The van der Waals surface area contributed by atoms with Crippen LogP contribution in [0.5, 0.6) is 0 Å². The zero-order valence-electron chi connectivity index (χ0n) is 6.66. The van der Waals surface area contributed by atoms with Crippen LogP contribution in [0.4, 0.5) is 0 Å². The van der Waals surface area contributed by atoms with Crippen molar-refractivity contribution in [3.05, 3.63) is 22.4 Å². The molecule has 0 saturated carbocycles. The number of thioether (sulfide) groups is 1. The quantitative estimate of drug-likeness (QED) is 0.680. The van der Waals surface area contributed by atoms with E-state index in [0.717, 1.165) is 22.8 Å². The van der Waals surface area contributed by atoms with E-state index >= 15 is 0 Å². The third kappa shape index (κ3) is 1.57. The van der Waals surface area contributed by atoms with Crippen molar-refractivity contribution in [1.82, 2.24) is 0 Å². The number of ketones is 1. The van der Waals surface area contributed by atoms with Gasteiger partial charge in [0.1, 0.15) is 0 Å². The highest BCUT2D eigenvalue weighted by molar-refractivity contribution is 7.99. The summed E-state index contributed by atoms with van der Waals surface area (Å²) < 4.78 is 0. The lowest BCUT2D eigenvalue weighted by Gasteiger charge is -2.03.